The van der Waals surface area contributed by atoms with E-state index in [1.54, 1.807) is 14.1 Å². The summed E-state index contributed by atoms with van der Waals surface area (Å²) < 4.78 is 11.4. The Balaban J connectivity index is 1.93. The third-order valence-corrected chi connectivity index (χ3v) is 4.85. The molecular weight excluding hydrogens is 380 g/mol. The molecule has 1 aromatic carbocycles. The van der Waals surface area contributed by atoms with Crippen LogP contribution in [-0.2, 0) is 9.53 Å². The second-order valence-corrected chi connectivity index (χ2v) is 7.43. The van der Waals surface area contributed by atoms with Crippen molar-refractivity contribution in [2.45, 2.75) is 25.9 Å². The number of likely N-dealkylation sites (N-methyl/N-ethyl adjacent to an activating group) is 1. The minimum atomic E-state index is -0.0775. The van der Waals surface area contributed by atoms with Crippen molar-refractivity contribution < 1.29 is 14.3 Å². The summed E-state index contributed by atoms with van der Waals surface area (Å²) >= 11 is 6.19. The third kappa shape index (κ3) is 7.56. The number of nitrogens with one attached hydrogen (secondary N) is 2. The van der Waals surface area contributed by atoms with Gasteiger partial charge in [0.1, 0.15) is 18.4 Å². The SMILES string of the molecule is CCC(CNC(=NCC(=O)N(C)C)NCC1CCOC1)Oc1ccccc1Cl. The molecule has 1 amide bonds. The summed E-state index contributed by atoms with van der Waals surface area (Å²) in [4.78, 5) is 17.8. The van der Waals surface area contributed by atoms with Gasteiger partial charge >= 0.3 is 0 Å². The van der Waals surface area contributed by atoms with Gasteiger partial charge in [-0.1, -0.05) is 30.7 Å². The lowest BCUT2D eigenvalue weighted by molar-refractivity contribution is -0.127. The summed E-state index contributed by atoms with van der Waals surface area (Å²) in [6.45, 7) is 5.00. The molecule has 7 nitrogen and oxygen atoms in total. The Hall–Kier alpha value is -1.99. The number of carbonyl (C=O) groups excluding carboxylic acids is 1. The number of nitrogens with zero attached hydrogens (tertiary/aromatic N) is 2. The van der Waals surface area contributed by atoms with Gasteiger partial charge in [-0.05, 0) is 25.0 Å². The Morgan fingerprint density at radius 1 is 1.39 bits per heavy atom. The lowest BCUT2D eigenvalue weighted by atomic mass is 10.1. The predicted molar refractivity (Wildman–Crippen MR) is 112 cm³/mol. The molecule has 1 heterocycles. The predicted octanol–water partition coefficient (Wildman–Crippen LogP) is 2.16. The van der Waals surface area contributed by atoms with Crippen LogP contribution >= 0.6 is 11.6 Å². The van der Waals surface area contributed by atoms with Crippen LogP contribution in [0, 0.1) is 5.92 Å². The van der Waals surface area contributed by atoms with Crippen molar-refractivity contribution in [2.24, 2.45) is 10.9 Å². The topological polar surface area (TPSA) is 75.2 Å². The molecule has 2 N–H and O–H groups in total. The maximum absolute atomic E-state index is 11.9. The summed E-state index contributed by atoms with van der Waals surface area (Å²) in [7, 11) is 3.44. The number of guanidine groups is 1. The van der Waals surface area contributed by atoms with Crippen molar-refractivity contribution >= 4 is 23.5 Å². The number of ether oxygens (including phenoxy) is 2. The molecule has 1 aliphatic heterocycles. The van der Waals surface area contributed by atoms with Gasteiger partial charge in [0.2, 0.25) is 5.91 Å². The van der Waals surface area contributed by atoms with Crippen LogP contribution in [0.5, 0.6) is 5.75 Å². The lowest BCUT2D eigenvalue weighted by Crippen LogP contribution is -2.44. The van der Waals surface area contributed by atoms with Gasteiger partial charge in [-0.2, -0.15) is 0 Å². The first kappa shape index (κ1) is 22.3. The molecule has 1 aromatic rings. The van der Waals surface area contributed by atoms with Gasteiger partial charge < -0.3 is 25.0 Å². The van der Waals surface area contributed by atoms with Crippen LogP contribution in [0.1, 0.15) is 19.8 Å². The van der Waals surface area contributed by atoms with E-state index in [9.17, 15) is 4.79 Å². The molecule has 2 unspecified atom stereocenters. The van der Waals surface area contributed by atoms with E-state index in [0.717, 1.165) is 32.6 Å². The average Bonchev–Trinajstić information content (AvgIpc) is 3.20. The Kier molecular flexibility index (Phi) is 9.37. The van der Waals surface area contributed by atoms with Crippen LogP contribution in [0.4, 0.5) is 0 Å². The first-order chi connectivity index (χ1) is 13.5. The molecule has 1 fully saturated rings. The largest absolute Gasteiger partial charge is 0.487 e. The molecule has 0 radical (unpaired) electrons. The smallest absolute Gasteiger partial charge is 0.243 e. The van der Waals surface area contributed by atoms with Crippen molar-refractivity contribution in [2.75, 3.05) is 46.9 Å². The van der Waals surface area contributed by atoms with E-state index in [1.807, 2.05) is 24.3 Å². The van der Waals surface area contributed by atoms with Crippen molar-refractivity contribution in [3.05, 3.63) is 29.3 Å². The number of para-hydroxylation sites is 1. The van der Waals surface area contributed by atoms with Gasteiger partial charge in [-0.25, -0.2) is 4.99 Å². The van der Waals surface area contributed by atoms with Gasteiger partial charge in [0.15, 0.2) is 5.96 Å². The molecule has 156 valence electrons. The highest BCUT2D eigenvalue weighted by Gasteiger charge is 2.17. The zero-order chi connectivity index (χ0) is 20.4. The van der Waals surface area contributed by atoms with E-state index in [0.29, 0.717) is 29.2 Å². The average molecular weight is 411 g/mol. The number of aliphatic imine (C=N–C) groups is 1. The van der Waals surface area contributed by atoms with Gasteiger partial charge in [0.05, 0.1) is 18.2 Å². The summed E-state index contributed by atoms with van der Waals surface area (Å²) in [5.41, 5.74) is 0. The summed E-state index contributed by atoms with van der Waals surface area (Å²) in [6, 6.07) is 7.43. The first-order valence-corrected chi connectivity index (χ1v) is 10.1. The van der Waals surface area contributed by atoms with E-state index in [4.69, 9.17) is 21.1 Å². The number of carbonyl (C=O) groups is 1. The normalized spacial score (nSPS) is 17.9. The van der Waals surface area contributed by atoms with Crippen LogP contribution in [0.25, 0.3) is 0 Å². The maximum atomic E-state index is 11.9. The minimum Gasteiger partial charge on any atom is -0.487 e. The molecule has 0 saturated carbocycles. The molecule has 0 aliphatic carbocycles. The molecule has 28 heavy (non-hydrogen) atoms. The quantitative estimate of drug-likeness (QED) is 0.482. The summed E-state index contributed by atoms with van der Waals surface area (Å²) in [5.74, 6) is 1.67. The van der Waals surface area contributed by atoms with Gasteiger partial charge in [-0.15, -0.1) is 0 Å². The zero-order valence-corrected chi connectivity index (χ0v) is 17.7. The highest BCUT2D eigenvalue weighted by Crippen LogP contribution is 2.24. The number of hydrogen-bond donors (Lipinski definition) is 2. The molecule has 2 atom stereocenters. The molecular formula is C20H31ClN4O3. The molecule has 0 bridgehead atoms. The van der Waals surface area contributed by atoms with Crippen LogP contribution in [0.3, 0.4) is 0 Å². The van der Waals surface area contributed by atoms with Crippen molar-refractivity contribution in [1.29, 1.82) is 0 Å². The van der Waals surface area contributed by atoms with Crippen LogP contribution in [-0.4, -0.2) is 69.8 Å². The summed E-state index contributed by atoms with van der Waals surface area (Å²) in [6.07, 6.45) is 1.76. The summed E-state index contributed by atoms with van der Waals surface area (Å²) in [5, 5.41) is 7.19. The van der Waals surface area contributed by atoms with E-state index < -0.39 is 0 Å². The monoisotopic (exact) mass is 410 g/mol. The van der Waals surface area contributed by atoms with E-state index >= 15 is 0 Å². The van der Waals surface area contributed by atoms with Crippen LogP contribution < -0.4 is 15.4 Å². The van der Waals surface area contributed by atoms with Crippen molar-refractivity contribution in [3.63, 3.8) is 0 Å². The van der Waals surface area contributed by atoms with E-state index in [1.165, 1.54) is 4.90 Å². The molecule has 1 aliphatic rings. The van der Waals surface area contributed by atoms with Crippen LogP contribution in [0.15, 0.2) is 29.3 Å². The van der Waals surface area contributed by atoms with E-state index in [-0.39, 0.29) is 18.6 Å². The Morgan fingerprint density at radius 3 is 2.82 bits per heavy atom. The second-order valence-electron chi connectivity index (χ2n) is 7.02. The van der Waals surface area contributed by atoms with Gasteiger partial charge in [-0.3, -0.25) is 4.79 Å². The second kappa shape index (κ2) is 11.8. The number of benzene rings is 1. The number of hydrogen-bond acceptors (Lipinski definition) is 4. The zero-order valence-electron chi connectivity index (χ0n) is 16.9. The first-order valence-electron chi connectivity index (χ1n) is 9.70. The number of rotatable bonds is 9. The molecule has 0 spiro atoms. The van der Waals surface area contributed by atoms with Crippen LogP contribution in [0.2, 0.25) is 5.02 Å². The highest BCUT2D eigenvalue weighted by molar-refractivity contribution is 6.32. The Labute approximate surface area is 172 Å². The fraction of sp³-hybridized carbons (Fsp3) is 0.600. The molecule has 0 aromatic heterocycles. The van der Waals surface area contributed by atoms with Crippen molar-refractivity contribution in [1.82, 2.24) is 15.5 Å². The van der Waals surface area contributed by atoms with Gasteiger partial charge in [0, 0.05) is 33.2 Å². The molecule has 2 rings (SSSR count). The standard InChI is InChI=1S/C20H31ClN4O3/c1-4-16(28-18-8-6-5-7-17(18)21)12-23-20(24-13-19(26)25(2)3)22-11-15-9-10-27-14-15/h5-8,15-16H,4,9-14H2,1-3H3,(H2,22,23,24). The minimum absolute atomic E-state index is 0.0512. The lowest BCUT2D eigenvalue weighted by Gasteiger charge is -2.21. The molecule has 8 heteroatoms. The fourth-order valence-corrected chi connectivity index (χ4v) is 2.83. The molecule has 1 saturated heterocycles. The van der Waals surface area contributed by atoms with E-state index in [2.05, 4.69) is 22.5 Å². The maximum Gasteiger partial charge on any atom is 0.243 e. The number of halogens is 1. The Bertz CT molecular complexity index is 648. The highest BCUT2D eigenvalue weighted by atomic mass is 35.5. The third-order valence-electron chi connectivity index (χ3n) is 4.54. The van der Waals surface area contributed by atoms with Gasteiger partial charge in [0.25, 0.3) is 0 Å². The van der Waals surface area contributed by atoms with Crippen molar-refractivity contribution in [3.8, 4) is 5.75 Å². The number of amides is 1. The fourth-order valence-electron chi connectivity index (χ4n) is 2.65. The Morgan fingerprint density at radius 2 is 2.18 bits per heavy atom.